The summed E-state index contributed by atoms with van der Waals surface area (Å²) in [6.45, 7) is 5.28. The number of ether oxygens (including phenoxy) is 3. The summed E-state index contributed by atoms with van der Waals surface area (Å²) in [7, 11) is 3.01. The second-order valence-electron chi connectivity index (χ2n) is 5.81. The number of dihydropyridines is 1. The highest BCUT2D eigenvalue weighted by molar-refractivity contribution is 5.99. The third-order valence-corrected chi connectivity index (χ3v) is 4.19. The number of allylic oxidation sites excluding steroid dienone is 2. The van der Waals surface area contributed by atoms with Gasteiger partial charge in [0.05, 0.1) is 37.9 Å². The fourth-order valence-corrected chi connectivity index (χ4v) is 3.09. The zero-order valence-electron chi connectivity index (χ0n) is 15.5. The molecule has 0 radical (unpaired) electrons. The van der Waals surface area contributed by atoms with Crippen LogP contribution in [0.5, 0.6) is 11.5 Å². The zero-order chi connectivity index (χ0) is 19.4. The fourth-order valence-electron chi connectivity index (χ4n) is 3.09. The average molecular weight is 361 g/mol. The lowest BCUT2D eigenvalue weighted by molar-refractivity contribution is -0.138. The maximum absolute atomic E-state index is 12.6. The molecule has 0 spiro atoms. The molecule has 1 aliphatic heterocycles. The molecule has 1 heterocycles. The highest BCUT2D eigenvalue weighted by Gasteiger charge is 2.37. The highest BCUT2D eigenvalue weighted by atomic mass is 16.5. The van der Waals surface area contributed by atoms with E-state index in [4.69, 9.17) is 14.2 Å². The van der Waals surface area contributed by atoms with Gasteiger partial charge in [-0.1, -0.05) is 0 Å². The molecule has 1 atom stereocenters. The summed E-state index contributed by atoms with van der Waals surface area (Å²) in [5.41, 5.74) is 1.92. The van der Waals surface area contributed by atoms with Gasteiger partial charge < -0.3 is 24.6 Å². The Morgan fingerprint density at radius 2 is 1.58 bits per heavy atom. The van der Waals surface area contributed by atoms with E-state index in [0.717, 1.165) is 0 Å². The molecule has 0 bridgehead atoms. The van der Waals surface area contributed by atoms with Crippen LogP contribution in [0, 0.1) is 0 Å². The molecule has 140 valence electrons. The Hall–Kier alpha value is -2.96. The molecule has 0 aliphatic carbocycles. The van der Waals surface area contributed by atoms with Crippen LogP contribution in [0.3, 0.4) is 0 Å². The van der Waals surface area contributed by atoms with E-state index < -0.39 is 17.9 Å². The Bertz CT molecular complexity index is 771. The molecule has 1 unspecified atom stereocenters. The minimum absolute atomic E-state index is 0.0777. The lowest BCUT2D eigenvalue weighted by Gasteiger charge is -2.30. The first-order chi connectivity index (χ1) is 12.3. The molecule has 26 heavy (non-hydrogen) atoms. The van der Waals surface area contributed by atoms with Crippen molar-refractivity contribution in [1.29, 1.82) is 0 Å². The number of hydrogen-bond donors (Lipinski definition) is 2. The Labute approximate surface area is 152 Å². The first-order valence-electron chi connectivity index (χ1n) is 8.15. The van der Waals surface area contributed by atoms with Crippen molar-refractivity contribution in [3.05, 3.63) is 46.3 Å². The number of carbonyl (C=O) groups is 2. The predicted molar refractivity (Wildman–Crippen MR) is 95.1 cm³/mol. The summed E-state index contributed by atoms with van der Waals surface area (Å²) in [6, 6.07) is 5.07. The van der Waals surface area contributed by atoms with Crippen molar-refractivity contribution >= 4 is 11.9 Å². The van der Waals surface area contributed by atoms with Gasteiger partial charge >= 0.3 is 11.9 Å². The quantitative estimate of drug-likeness (QED) is 0.752. The molecule has 2 rings (SSSR count). The zero-order valence-corrected chi connectivity index (χ0v) is 15.5. The monoisotopic (exact) mass is 361 g/mol. The first-order valence-corrected chi connectivity index (χ1v) is 8.15. The van der Waals surface area contributed by atoms with Crippen molar-refractivity contribution in [2.75, 3.05) is 20.8 Å². The van der Waals surface area contributed by atoms with Crippen LogP contribution in [0.25, 0.3) is 0 Å². The summed E-state index contributed by atoms with van der Waals surface area (Å²) in [4.78, 5) is 24.5. The van der Waals surface area contributed by atoms with Gasteiger partial charge in [0.25, 0.3) is 0 Å². The van der Waals surface area contributed by atoms with Crippen molar-refractivity contribution in [1.82, 2.24) is 5.32 Å². The largest absolute Gasteiger partial charge is 0.497 e. The lowest BCUT2D eigenvalue weighted by atomic mass is 9.80. The number of rotatable bonds is 6. The lowest BCUT2D eigenvalue weighted by Crippen LogP contribution is -2.31. The standard InChI is InChI=1S/C19H23NO6/c1-6-26-19(23)16-11(3)20-10(2)15(18(21)22)17(16)12-7-13(24-4)9-14(8-12)25-5/h7-9,17,20H,6H2,1-5H3,(H,21,22). The van der Waals surface area contributed by atoms with Crippen LogP contribution in [-0.4, -0.2) is 37.9 Å². The number of esters is 1. The maximum Gasteiger partial charge on any atom is 0.336 e. The van der Waals surface area contributed by atoms with Gasteiger partial charge in [-0.25, -0.2) is 9.59 Å². The molecule has 2 N–H and O–H groups in total. The number of nitrogens with one attached hydrogen (secondary N) is 1. The van der Waals surface area contributed by atoms with Gasteiger partial charge in [-0.05, 0) is 38.5 Å². The first kappa shape index (κ1) is 19.4. The molecule has 1 aromatic carbocycles. The Morgan fingerprint density at radius 1 is 1.04 bits per heavy atom. The van der Waals surface area contributed by atoms with E-state index in [2.05, 4.69) is 5.32 Å². The Morgan fingerprint density at radius 3 is 2.04 bits per heavy atom. The third kappa shape index (κ3) is 3.66. The molecule has 7 nitrogen and oxygen atoms in total. The SMILES string of the molecule is CCOC(=O)C1=C(C)NC(C)=C(C(=O)O)C1c1cc(OC)cc(OC)c1. The van der Waals surface area contributed by atoms with Crippen LogP contribution in [0.4, 0.5) is 0 Å². The van der Waals surface area contributed by atoms with Gasteiger partial charge in [0.2, 0.25) is 0 Å². The Kier molecular flexibility index (Phi) is 5.92. The molecule has 0 aromatic heterocycles. The van der Waals surface area contributed by atoms with Crippen LogP contribution in [0.15, 0.2) is 40.7 Å². The number of carbonyl (C=O) groups excluding carboxylic acids is 1. The van der Waals surface area contributed by atoms with Gasteiger partial charge in [0.15, 0.2) is 0 Å². The fraction of sp³-hybridized carbons (Fsp3) is 0.368. The molecule has 0 amide bonds. The van der Waals surface area contributed by atoms with Crippen LogP contribution in [-0.2, 0) is 14.3 Å². The van der Waals surface area contributed by atoms with Crippen molar-refractivity contribution in [2.24, 2.45) is 0 Å². The average Bonchev–Trinajstić information content (AvgIpc) is 2.60. The van der Waals surface area contributed by atoms with Gasteiger partial charge in [-0.15, -0.1) is 0 Å². The van der Waals surface area contributed by atoms with E-state index in [9.17, 15) is 14.7 Å². The van der Waals surface area contributed by atoms with Crippen LogP contribution in [0.1, 0.15) is 32.3 Å². The molecule has 7 heteroatoms. The normalized spacial score (nSPS) is 16.9. The van der Waals surface area contributed by atoms with Crippen LogP contribution >= 0.6 is 0 Å². The third-order valence-electron chi connectivity index (χ3n) is 4.19. The van der Waals surface area contributed by atoms with E-state index in [-0.39, 0.29) is 17.8 Å². The summed E-state index contributed by atoms with van der Waals surface area (Å²) in [5.74, 6) is -1.48. The number of hydrogen-bond acceptors (Lipinski definition) is 6. The van der Waals surface area contributed by atoms with Crippen molar-refractivity contribution in [3.63, 3.8) is 0 Å². The minimum Gasteiger partial charge on any atom is -0.497 e. The van der Waals surface area contributed by atoms with Crippen molar-refractivity contribution in [2.45, 2.75) is 26.7 Å². The number of aliphatic carboxylic acids is 1. The molecule has 1 aromatic rings. The molecule has 0 saturated carbocycles. The summed E-state index contributed by atoms with van der Waals surface area (Å²) in [5, 5.41) is 12.7. The van der Waals surface area contributed by atoms with E-state index >= 15 is 0 Å². The van der Waals surface area contributed by atoms with E-state index in [1.807, 2.05) is 0 Å². The second kappa shape index (κ2) is 7.95. The molecule has 1 aliphatic rings. The Balaban J connectivity index is 2.72. The van der Waals surface area contributed by atoms with Crippen LogP contribution in [0.2, 0.25) is 0 Å². The van der Waals surface area contributed by atoms with Gasteiger partial charge in [0.1, 0.15) is 11.5 Å². The minimum atomic E-state index is -1.11. The number of methoxy groups -OCH3 is 2. The van der Waals surface area contributed by atoms with Crippen LogP contribution < -0.4 is 14.8 Å². The molecular weight excluding hydrogens is 338 g/mol. The molecule has 0 saturated heterocycles. The van der Waals surface area contributed by atoms with Crippen molar-refractivity contribution in [3.8, 4) is 11.5 Å². The van der Waals surface area contributed by atoms with Crippen molar-refractivity contribution < 1.29 is 28.9 Å². The number of carboxylic acid groups (broad SMARTS) is 1. The van der Waals surface area contributed by atoms with E-state index in [1.165, 1.54) is 14.2 Å². The highest BCUT2D eigenvalue weighted by Crippen LogP contribution is 2.41. The smallest absolute Gasteiger partial charge is 0.336 e. The number of benzene rings is 1. The predicted octanol–water partition coefficient (Wildman–Crippen LogP) is 2.59. The van der Waals surface area contributed by atoms with E-state index in [0.29, 0.717) is 28.5 Å². The summed E-state index contributed by atoms with van der Waals surface area (Å²) >= 11 is 0. The molecular formula is C19H23NO6. The van der Waals surface area contributed by atoms with Gasteiger partial charge in [-0.3, -0.25) is 0 Å². The molecule has 0 fully saturated rings. The van der Waals surface area contributed by atoms with E-state index in [1.54, 1.807) is 39.0 Å². The second-order valence-corrected chi connectivity index (χ2v) is 5.81. The topological polar surface area (TPSA) is 94.1 Å². The number of carboxylic acids is 1. The van der Waals surface area contributed by atoms with Gasteiger partial charge in [-0.2, -0.15) is 0 Å². The maximum atomic E-state index is 12.6. The van der Waals surface area contributed by atoms with Gasteiger partial charge in [0, 0.05) is 17.5 Å². The summed E-state index contributed by atoms with van der Waals surface area (Å²) < 4.78 is 15.7. The summed E-state index contributed by atoms with van der Waals surface area (Å²) in [6.07, 6.45) is 0.